The minimum atomic E-state index is -0.694. The Kier molecular flexibility index (Phi) is 7.26. The Morgan fingerprint density at radius 1 is 1.12 bits per heavy atom. The van der Waals surface area contributed by atoms with Gasteiger partial charge in [0.1, 0.15) is 12.2 Å². The second kappa shape index (κ2) is 9.82. The van der Waals surface area contributed by atoms with Gasteiger partial charge in [-0.25, -0.2) is 4.79 Å². The number of esters is 3. The summed E-state index contributed by atoms with van der Waals surface area (Å²) in [5.41, 5.74) is -1.08. The smallest absolute Gasteiger partial charge is 0.333 e. The van der Waals surface area contributed by atoms with Crippen LogP contribution in [0.25, 0.3) is 0 Å². The maximum atomic E-state index is 13.3. The quantitative estimate of drug-likeness (QED) is 0.295. The summed E-state index contributed by atoms with van der Waals surface area (Å²) < 4.78 is 24.2. The number of cyclic esters (lactones) is 1. The van der Waals surface area contributed by atoms with Gasteiger partial charge < -0.3 is 24.1 Å². The van der Waals surface area contributed by atoms with Crippen LogP contribution < -0.4 is 0 Å². The average molecular weight is 561 g/mol. The Morgan fingerprint density at radius 2 is 1.82 bits per heavy atom. The van der Waals surface area contributed by atoms with Crippen molar-refractivity contribution in [2.24, 2.45) is 45.3 Å². The Labute approximate surface area is 238 Å². The van der Waals surface area contributed by atoms with Gasteiger partial charge in [0, 0.05) is 47.0 Å². The molecule has 5 aliphatic rings. The summed E-state index contributed by atoms with van der Waals surface area (Å²) in [6.07, 6.45) is 3.01. The van der Waals surface area contributed by atoms with Gasteiger partial charge >= 0.3 is 17.9 Å². The lowest BCUT2D eigenvalue weighted by atomic mass is 9.36. The minimum Gasteiger partial charge on any atom is -0.465 e. The van der Waals surface area contributed by atoms with E-state index < -0.39 is 40.7 Å². The summed E-state index contributed by atoms with van der Waals surface area (Å²) in [5.74, 6) is -0.556. The maximum Gasteiger partial charge on any atom is 0.333 e. The number of fused-ring (bicyclic) bond motifs is 2. The molecule has 0 unspecified atom stereocenters. The molecule has 12 atom stereocenters. The summed E-state index contributed by atoms with van der Waals surface area (Å²) in [4.78, 5) is 37.4. The van der Waals surface area contributed by atoms with Crippen molar-refractivity contribution < 1.29 is 38.4 Å². The van der Waals surface area contributed by atoms with Crippen molar-refractivity contribution in [3.63, 3.8) is 0 Å². The number of aliphatic hydroxyl groups is 1. The molecule has 5 rings (SSSR count). The van der Waals surface area contributed by atoms with Crippen molar-refractivity contribution in [2.75, 3.05) is 13.2 Å². The molecule has 40 heavy (non-hydrogen) atoms. The molecule has 2 saturated heterocycles. The second-order valence-electron chi connectivity index (χ2n) is 14.6. The SMILES string of the molecule is C/C=C(\C)C(=O)O[C@@H]1[C@@H]2OC[C@]3(C)[C@H](OC(C)=O)C[C@H](O)[C@](C)([C@H]4CC[C@@](C)([C@@H](C)[C@H]5COC(=O)C5)C[C@]14C)[C@@H]23. The third-order valence-electron chi connectivity index (χ3n) is 12.5. The highest BCUT2D eigenvalue weighted by atomic mass is 16.6. The van der Waals surface area contributed by atoms with Gasteiger partial charge in [0.15, 0.2) is 0 Å². The number of hydrogen-bond acceptors (Lipinski definition) is 8. The standard InChI is InChI=1S/C32H48O8/c1-9-17(2)28(36)40-27-25-26-31(7,16-38-25)23(39-19(4)33)13-22(34)32(26,8)21-10-11-29(5,15-30(21,27)6)18(3)20-12-24(35)37-14-20/h9,18,20-23,25-27,34H,10-16H2,1-8H3/b17-9+/t18-,20+,21-,22-,23+,25+,26-,27+,29+,30-,31+,32-/m0/s1. The molecule has 0 amide bonds. The van der Waals surface area contributed by atoms with E-state index in [9.17, 15) is 19.5 Å². The Bertz CT molecular complexity index is 1100. The molecule has 3 saturated carbocycles. The molecule has 1 N–H and O–H groups in total. The predicted molar refractivity (Wildman–Crippen MR) is 147 cm³/mol. The average Bonchev–Trinajstić information content (AvgIpc) is 3.48. The van der Waals surface area contributed by atoms with Crippen LogP contribution in [0.4, 0.5) is 0 Å². The lowest BCUT2D eigenvalue weighted by Crippen LogP contribution is -2.72. The van der Waals surface area contributed by atoms with Crippen LogP contribution in [0.3, 0.4) is 0 Å². The van der Waals surface area contributed by atoms with E-state index in [1.165, 1.54) is 6.92 Å². The van der Waals surface area contributed by atoms with Crippen LogP contribution in [-0.2, 0) is 33.3 Å². The minimum absolute atomic E-state index is 0.0565. The van der Waals surface area contributed by atoms with Crippen LogP contribution in [0.5, 0.6) is 0 Å². The molecule has 0 aromatic heterocycles. The summed E-state index contributed by atoms with van der Waals surface area (Å²) in [7, 11) is 0. The second-order valence-corrected chi connectivity index (χ2v) is 14.6. The number of carbonyl (C=O) groups is 3. The van der Waals surface area contributed by atoms with Crippen LogP contribution in [0, 0.1) is 45.3 Å². The third kappa shape index (κ3) is 4.18. The Morgan fingerprint density at radius 3 is 2.42 bits per heavy atom. The van der Waals surface area contributed by atoms with Crippen LogP contribution in [0.1, 0.15) is 87.5 Å². The van der Waals surface area contributed by atoms with E-state index in [1.54, 1.807) is 13.0 Å². The van der Waals surface area contributed by atoms with Crippen molar-refractivity contribution in [3.05, 3.63) is 11.6 Å². The Balaban J connectivity index is 1.59. The lowest BCUT2D eigenvalue weighted by molar-refractivity contribution is -0.278. The summed E-state index contributed by atoms with van der Waals surface area (Å²) >= 11 is 0. The van der Waals surface area contributed by atoms with Gasteiger partial charge in [-0.3, -0.25) is 9.59 Å². The first-order valence-corrected chi connectivity index (χ1v) is 15.1. The molecule has 5 fully saturated rings. The van der Waals surface area contributed by atoms with Crippen molar-refractivity contribution in [2.45, 2.75) is 112 Å². The lowest BCUT2D eigenvalue weighted by Gasteiger charge is -2.69. The molecule has 2 aliphatic heterocycles. The topological polar surface area (TPSA) is 108 Å². The fourth-order valence-corrected chi connectivity index (χ4v) is 10.1. The van der Waals surface area contributed by atoms with Gasteiger partial charge in [0.2, 0.25) is 0 Å². The number of allylic oxidation sites excluding steroid dienone is 1. The number of rotatable bonds is 5. The molecule has 0 spiro atoms. The first-order chi connectivity index (χ1) is 18.6. The highest BCUT2D eigenvalue weighted by Gasteiger charge is 2.76. The largest absolute Gasteiger partial charge is 0.465 e. The maximum absolute atomic E-state index is 13.3. The molecule has 3 aliphatic carbocycles. The van der Waals surface area contributed by atoms with Gasteiger partial charge in [-0.05, 0) is 50.4 Å². The van der Waals surface area contributed by atoms with Crippen LogP contribution in [0.2, 0.25) is 0 Å². The zero-order valence-corrected chi connectivity index (χ0v) is 25.5. The van der Waals surface area contributed by atoms with Crippen molar-refractivity contribution in [3.8, 4) is 0 Å². The highest BCUT2D eigenvalue weighted by molar-refractivity contribution is 5.87. The summed E-state index contributed by atoms with van der Waals surface area (Å²) in [6.45, 7) is 16.9. The van der Waals surface area contributed by atoms with Gasteiger partial charge in [0.05, 0.1) is 31.8 Å². The Hall–Kier alpha value is -1.93. The third-order valence-corrected chi connectivity index (χ3v) is 12.5. The molecule has 0 radical (unpaired) electrons. The van der Waals surface area contributed by atoms with Crippen LogP contribution in [-0.4, -0.2) is 60.6 Å². The monoisotopic (exact) mass is 560 g/mol. The van der Waals surface area contributed by atoms with Gasteiger partial charge in [0.25, 0.3) is 0 Å². The first kappa shape index (κ1) is 29.6. The van der Waals surface area contributed by atoms with Gasteiger partial charge in [-0.15, -0.1) is 0 Å². The molecule has 8 heteroatoms. The van der Waals surface area contributed by atoms with E-state index in [2.05, 4.69) is 34.6 Å². The molecule has 0 aromatic rings. The fourth-order valence-electron chi connectivity index (χ4n) is 10.1. The van der Waals surface area contributed by atoms with Crippen LogP contribution in [0.15, 0.2) is 11.6 Å². The predicted octanol–water partition coefficient (Wildman–Crippen LogP) is 4.61. The fraction of sp³-hybridized carbons (Fsp3) is 0.844. The summed E-state index contributed by atoms with van der Waals surface area (Å²) in [5, 5.41) is 11.9. The van der Waals surface area contributed by atoms with Crippen LogP contribution >= 0.6 is 0 Å². The zero-order chi connectivity index (χ0) is 29.4. The van der Waals surface area contributed by atoms with Crippen molar-refractivity contribution in [1.82, 2.24) is 0 Å². The van der Waals surface area contributed by atoms with Gasteiger partial charge in [-0.1, -0.05) is 40.7 Å². The number of aliphatic hydroxyl groups excluding tert-OH is 1. The van der Waals surface area contributed by atoms with E-state index in [0.717, 1.165) is 19.3 Å². The zero-order valence-electron chi connectivity index (χ0n) is 25.5. The highest BCUT2D eigenvalue weighted by Crippen LogP contribution is 2.73. The molecule has 2 heterocycles. The van der Waals surface area contributed by atoms with E-state index >= 15 is 0 Å². The summed E-state index contributed by atoms with van der Waals surface area (Å²) in [6, 6.07) is 0. The van der Waals surface area contributed by atoms with Gasteiger partial charge in [-0.2, -0.15) is 0 Å². The molecule has 224 valence electrons. The normalized spacial score (nSPS) is 49.0. The van der Waals surface area contributed by atoms with E-state index in [0.29, 0.717) is 31.6 Å². The molecule has 0 aromatic carbocycles. The number of ether oxygens (including phenoxy) is 4. The first-order valence-electron chi connectivity index (χ1n) is 15.1. The van der Waals surface area contributed by atoms with E-state index in [1.807, 2.05) is 6.92 Å². The van der Waals surface area contributed by atoms with Crippen molar-refractivity contribution >= 4 is 17.9 Å². The van der Waals surface area contributed by atoms with E-state index in [4.69, 9.17) is 18.9 Å². The molecule has 0 bridgehead atoms. The molecular formula is C32H48O8. The van der Waals surface area contributed by atoms with E-state index in [-0.39, 0.29) is 47.0 Å². The number of hydrogen-bond donors (Lipinski definition) is 1. The number of carbonyl (C=O) groups excluding carboxylic acids is 3. The molecule has 8 nitrogen and oxygen atoms in total. The molecular weight excluding hydrogens is 512 g/mol. The van der Waals surface area contributed by atoms with Crippen molar-refractivity contribution in [1.29, 1.82) is 0 Å².